The van der Waals surface area contributed by atoms with Gasteiger partial charge in [0.05, 0.1) is 11.0 Å². The molecule has 0 aliphatic carbocycles. The van der Waals surface area contributed by atoms with Crippen molar-refractivity contribution in [2.45, 2.75) is 26.4 Å². The monoisotopic (exact) mass is 404 g/mol. The summed E-state index contributed by atoms with van der Waals surface area (Å²) < 4.78 is 16.1. The molecule has 0 saturated heterocycles. The number of hydrogen-bond acceptors (Lipinski definition) is 2. The maximum atomic E-state index is 13.8. The Hall–Kier alpha value is -1.18. The van der Waals surface area contributed by atoms with Crippen molar-refractivity contribution in [1.29, 1.82) is 0 Å². The number of hydrogen-bond donors (Lipinski definition) is 2. The first-order valence-electron chi connectivity index (χ1n) is 6.60. The summed E-state index contributed by atoms with van der Waals surface area (Å²) in [5, 5.41) is 11.2. The van der Waals surface area contributed by atoms with E-state index in [2.05, 4.69) is 31.7 Å². The summed E-state index contributed by atoms with van der Waals surface area (Å²) in [5.41, 5.74) is 0.397. The topological polar surface area (TPSA) is 41.9 Å². The Morgan fingerprint density at radius 2 is 2.23 bits per heavy atom. The van der Waals surface area contributed by atoms with Gasteiger partial charge in [0.15, 0.2) is 10.9 Å². The highest BCUT2D eigenvalue weighted by molar-refractivity contribution is 9.10. The van der Waals surface area contributed by atoms with Crippen LogP contribution in [0.2, 0.25) is 5.02 Å². The lowest BCUT2D eigenvalue weighted by molar-refractivity contribution is 0.586. The van der Waals surface area contributed by atoms with Crippen LogP contribution >= 0.6 is 39.7 Å². The van der Waals surface area contributed by atoms with Gasteiger partial charge >= 0.3 is 0 Å². The number of rotatable bonds is 4. The quantitative estimate of drug-likeness (QED) is 0.749. The molecule has 0 saturated carbocycles. The van der Waals surface area contributed by atoms with Gasteiger partial charge in [0.1, 0.15) is 5.82 Å². The Morgan fingerprint density at radius 1 is 1.50 bits per heavy atom. The molecule has 1 aromatic heterocycles. The zero-order valence-corrected chi connectivity index (χ0v) is 15.2. The van der Waals surface area contributed by atoms with E-state index in [1.807, 2.05) is 13.8 Å². The first-order valence-corrected chi connectivity index (χ1v) is 8.18. The van der Waals surface area contributed by atoms with Crippen LogP contribution < -0.4 is 10.6 Å². The van der Waals surface area contributed by atoms with Crippen molar-refractivity contribution in [2.75, 3.05) is 5.32 Å². The van der Waals surface area contributed by atoms with Gasteiger partial charge in [-0.2, -0.15) is 5.10 Å². The predicted octanol–water partition coefficient (Wildman–Crippen LogP) is 4.18. The van der Waals surface area contributed by atoms with E-state index in [1.54, 1.807) is 23.0 Å². The number of benzene rings is 1. The molecule has 0 amide bonds. The Labute approximate surface area is 147 Å². The van der Waals surface area contributed by atoms with Crippen molar-refractivity contribution in [3.8, 4) is 0 Å². The normalized spacial score (nSPS) is 10.8. The third-order valence-corrected chi connectivity index (χ3v) is 3.90. The van der Waals surface area contributed by atoms with E-state index in [0.717, 1.165) is 4.47 Å². The second-order valence-corrected chi connectivity index (χ2v) is 6.65. The summed E-state index contributed by atoms with van der Waals surface area (Å²) in [6, 6.07) is 4.82. The molecule has 1 heterocycles. The van der Waals surface area contributed by atoms with Crippen LogP contribution in [0.1, 0.15) is 19.4 Å². The fourth-order valence-electron chi connectivity index (χ4n) is 1.81. The van der Waals surface area contributed by atoms with E-state index in [4.69, 9.17) is 23.8 Å². The molecular formula is C14H15BrClFN4S. The van der Waals surface area contributed by atoms with Crippen molar-refractivity contribution in [3.05, 3.63) is 45.3 Å². The van der Waals surface area contributed by atoms with Crippen molar-refractivity contribution in [3.63, 3.8) is 0 Å². The summed E-state index contributed by atoms with van der Waals surface area (Å²) >= 11 is 14.6. The second-order valence-electron chi connectivity index (χ2n) is 4.98. The first kappa shape index (κ1) is 17.2. The van der Waals surface area contributed by atoms with Crippen LogP contribution in [-0.4, -0.2) is 20.9 Å². The van der Waals surface area contributed by atoms with Crippen LogP contribution in [0, 0.1) is 5.82 Å². The average molecular weight is 406 g/mol. The molecule has 2 rings (SSSR count). The molecule has 0 radical (unpaired) electrons. The number of nitrogens with zero attached hydrogens (tertiary/aromatic N) is 2. The molecule has 2 N–H and O–H groups in total. The highest BCUT2D eigenvalue weighted by Gasteiger charge is 2.12. The molecule has 0 aliphatic rings. The summed E-state index contributed by atoms with van der Waals surface area (Å²) in [4.78, 5) is 0. The highest BCUT2D eigenvalue weighted by Crippen LogP contribution is 2.24. The lowest BCUT2D eigenvalue weighted by atomic mass is 10.2. The van der Waals surface area contributed by atoms with Crippen molar-refractivity contribution in [2.24, 2.45) is 0 Å². The van der Waals surface area contributed by atoms with Crippen molar-refractivity contribution < 1.29 is 4.39 Å². The van der Waals surface area contributed by atoms with Crippen LogP contribution in [0.15, 0.2) is 28.9 Å². The standard InChI is InChI=1S/C14H15BrClFN4S/c1-8(2)18-14(22)19-13-10(15)7-21(20-13)6-9-11(16)4-3-5-12(9)17/h3-5,7-8H,6H2,1-2H3,(H2,18,19,20,22). The summed E-state index contributed by atoms with van der Waals surface area (Å²) in [7, 11) is 0. The van der Waals surface area contributed by atoms with Crippen LogP contribution in [0.4, 0.5) is 10.2 Å². The molecule has 118 valence electrons. The number of anilines is 1. The lowest BCUT2D eigenvalue weighted by Crippen LogP contribution is -2.34. The summed E-state index contributed by atoms with van der Waals surface area (Å²) in [6.45, 7) is 4.21. The Balaban J connectivity index is 2.14. The molecule has 1 aromatic carbocycles. The average Bonchev–Trinajstić information content (AvgIpc) is 2.73. The predicted molar refractivity (Wildman–Crippen MR) is 94.9 cm³/mol. The van der Waals surface area contributed by atoms with E-state index in [1.165, 1.54) is 6.07 Å². The van der Waals surface area contributed by atoms with Gasteiger partial charge in [-0.3, -0.25) is 4.68 Å². The highest BCUT2D eigenvalue weighted by atomic mass is 79.9. The first-order chi connectivity index (χ1) is 10.4. The molecule has 2 aromatic rings. The molecule has 0 fully saturated rings. The van der Waals surface area contributed by atoms with E-state index in [-0.39, 0.29) is 18.4 Å². The molecule has 0 aliphatic heterocycles. The number of aromatic nitrogens is 2. The van der Waals surface area contributed by atoms with Crippen molar-refractivity contribution >= 4 is 50.7 Å². The fourth-order valence-corrected chi connectivity index (χ4v) is 2.78. The largest absolute Gasteiger partial charge is 0.360 e. The molecule has 0 bridgehead atoms. The molecule has 22 heavy (non-hydrogen) atoms. The van der Waals surface area contributed by atoms with Gasteiger partial charge < -0.3 is 10.6 Å². The van der Waals surface area contributed by atoms with E-state index in [0.29, 0.717) is 21.5 Å². The Bertz CT molecular complexity index is 669. The van der Waals surface area contributed by atoms with Gasteiger partial charge in [-0.25, -0.2) is 4.39 Å². The van der Waals surface area contributed by atoms with Gasteiger partial charge in [-0.15, -0.1) is 0 Å². The minimum absolute atomic E-state index is 0.220. The summed E-state index contributed by atoms with van der Waals surface area (Å²) in [5.74, 6) is 0.205. The van der Waals surface area contributed by atoms with Crippen LogP contribution in [-0.2, 0) is 6.54 Å². The third-order valence-electron chi connectivity index (χ3n) is 2.75. The number of halogens is 3. The zero-order valence-electron chi connectivity index (χ0n) is 12.0. The molecule has 0 spiro atoms. The SMILES string of the molecule is CC(C)NC(=S)Nc1nn(Cc2c(F)cccc2Cl)cc1Br. The molecule has 0 unspecified atom stereocenters. The van der Waals surface area contributed by atoms with Gasteiger partial charge in [-0.1, -0.05) is 17.7 Å². The van der Waals surface area contributed by atoms with Crippen LogP contribution in [0.25, 0.3) is 0 Å². The van der Waals surface area contributed by atoms with Crippen LogP contribution in [0.5, 0.6) is 0 Å². The maximum Gasteiger partial charge on any atom is 0.172 e. The van der Waals surface area contributed by atoms with Crippen LogP contribution in [0.3, 0.4) is 0 Å². The summed E-state index contributed by atoms with van der Waals surface area (Å²) in [6.07, 6.45) is 1.74. The van der Waals surface area contributed by atoms with E-state index < -0.39 is 0 Å². The number of nitrogens with one attached hydrogen (secondary N) is 2. The minimum Gasteiger partial charge on any atom is -0.360 e. The smallest absolute Gasteiger partial charge is 0.172 e. The van der Waals surface area contributed by atoms with Gasteiger partial charge in [0, 0.05) is 22.8 Å². The molecule has 8 heteroatoms. The van der Waals surface area contributed by atoms with Gasteiger partial charge in [-0.05, 0) is 54.1 Å². The molecular weight excluding hydrogens is 391 g/mol. The second kappa shape index (κ2) is 7.39. The molecule has 4 nitrogen and oxygen atoms in total. The minimum atomic E-state index is -0.356. The fraction of sp³-hybridized carbons (Fsp3) is 0.286. The Morgan fingerprint density at radius 3 is 2.86 bits per heavy atom. The maximum absolute atomic E-state index is 13.8. The van der Waals surface area contributed by atoms with Crippen molar-refractivity contribution in [1.82, 2.24) is 15.1 Å². The number of thiocarbonyl (C=S) groups is 1. The molecule has 0 atom stereocenters. The lowest BCUT2D eigenvalue weighted by Gasteiger charge is -2.11. The van der Waals surface area contributed by atoms with E-state index >= 15 is 0 Å². The Kier molecular flexibility index (Phi) is 5.77. The van der Waals surface area contributed by atoms with E-state index in [9.17, 15) is 4.39 Å². The van der Waals surface area contributed by atoms with Gasteiger partial charge in [0.25, 0.3) is 0 Å². The third kappa shape index (κ3) is 4.41. The van der Waals surface area contributed by atoms with Gasteiger partial charge in [0.2, 0.25) is 0 Å². The zero-order chi connectivity index (χ0) is 16.3.